The summed E-state index contributed by atoms with van der Waals surface area (Å²) in [6.45, 7) is 3.43. The van der Waals surface area contributed by atoms with Crippen LogP contribution in [0.5, 0.6) is 0 Å². The molecule has 4 heterocycles. The average Bonchev–Trinajstić information content (AvgIpc) is 3.42. The maximum absolute atomic E-state index is 14.0. The molecule has 1 atom stereocenters. The number of rotatable bonds is 5. The molecule has 168 valence electrons. The Balaban J connectivity index is 0.00000272. The smallest absolute Gasteiger partial charge is 0.224 e. The summed E-state index contributed by atoms with van der Waals surface area (Å²) < 4.78 is 14.0. The highest BCUT2D eigenvalue weighted by Crippen LogP contribution is 2.24. The van der Waals surface area contributed by atoms with Gasteiger partial charge in [0, 0.05) is 63.3 Å². The lowest BCUT2D eigenvalue weighted by atomic mass is 10.1. The van der Waals surface area contributed by atoms with Crippen LogP contribution in [-0.4, -0.2) is 61.0 Å². The summed E-state index contributed by atoms with van der Waals surface area (Å²) in [5.41, 5.74) is 1.28. The van der Waals surface area contributed by atoms with Crippen LogP contribution in [0.25, 0.3) is 0 Å². The monoisotopic (exact) mass is 558 g/mol. The van der Waals surface area contributed by atoms with Gasteiger partial charge in [-0.05, 0) is 42.0 Å². The molecule has 1 saturated heterocycles. The van der Waals surface area contributed by atoms with Gasteiger partial charge in [-0.1, -0.05) is 0 Å². The first-order chi connectivity index (χ1) is 14.6. The van der Waals surface area contributed by atoms with Crippen molar-refractivity contribution in [3.63, 3.8) is 0 Å². The Morgan fingerprint density at radius 2 is 2.26 bits per heavy atom. The first-order valence-corrected chi connectivity index (χ1v) is 11.2. The van der Waals surface area contributed by atoms with Gasteiger partial charge in [-0.3, -0.25) is 9.79 Å². The van der Waals surface area contributed by atoms with Gasteiger partial charge in [0.1, 0.15) is 0 Å². The molecule has 2 aliphatic rings. The molecule has 1 unspecified atom stereocenters. The minimum Gasteiger partial charge on any atom is -0.356 e. The van der Waals surface area contributed by atoms with Crippen molar-refractivity contribution in [2.75, 3.05) is 38.1 Å². The minimum atomic E-state index is -0.300. The number of pyridine rings is 1. The van der Waals surface area contributed by atoms with Gasteiger partial charge in [0.2, 0.25) is 5.91 Å². The second-order valence-electron chi connectivity index (χ2n) is 7.57. The van der Waals surface area contributed by atoms with E-state index in [0.717, 1.165) is 25.9 Å². The molecule has 0 saturated carbocycles. The van der Waals surface area contributed by atoms with E-state index in [-0.39, 0.29) is 41.7 Å². The number of anilines is 1. The number of hydrogen-bond donors (Lipinski definition) is 2. The van der Waals surface area contributed by atoms with E-state index in [1.54, 1.807) is 30.6 Å². The third-order valence-electron chi connectivity index (χ3n) is 5.58. The van der Waals surface area contributed by atoms with Gasteiger partial charge >= 0.3 is 0 Å². The molecule has 2 N–H and O–H groups in total. The van der Waals surface area contributed by atoms with E-state index in [0.29, 0.717) is 37.8 Å². The Kier molecular flexibility index (Phi) is 8.47. The van der Waals surface area contributed by atoms with E-state index in [2.05, 4.69) is 32.1 Å². The minimum absolute atomic E-state index is 0. The topological polar surface area (TPSA) is 72.9 Å². The van der Waals surface area contributed by atoms with Crippen LogP contribution in [0, 0.1) is 5.82 Å². The number of carbonyl (C=O) groups excluding carboxylic acids is 1. The maximum atomic E-state index is 14.0. The first-order valence-electron chi connectivity index (χ1n) is 10.3. The summed E-state index contributed by atoms with van der Waals surface area (Å²) in [5, 5.41) is 8.70. The van der Waals surface area contributed by atoms with Crippen molar-refractivity contribution >= 4 is 53.0 Å². The number of thiophene rings is 1. The zero-order valence-corrected chi connectivity index (χ0v) is 20.7. The standard InChI is InChI=1S/C21H27FN6OS.HI/c1-23-21(26-16-5-10-28(14-16)20-17(22)3-2-8-24-20)25-9-4-19(29)27-11-6-18-15(13-27)7-12-30-18;/h2-3,7-8,12,16H,4-6,9-11,13-14H2,1H3,(H2,23,25,26);1H. The van der Waals surface area contributed by atoms with Gasteiger partial charge in [0.05, 0.1) is 0 Å². The van der Waals surface area contributed by atoms with Gasteiger partial charge < -0.3 is 20.4 Å². The van der Waals surface area contributed by atoms with Crippen LogP contribution in [0.1, 0.15) is 23.3 Å². The van der Waals surface area contributed by atoms with Crippen molar-refractivity contribution in [3.05, 3.63) is 46.0 Å². The fourth-order valence-electron chi connectivity index (χ4n) is 3.98. The Bertz CT molecular complexity index is 923. The van der Waals surface area contributed by atoms with Crippen LogP contribution in [0.4, 0.5) is 10.2 Å². The van der Waals surface area contributed by atoms with Crippen molar-refractivity contribution in [1.29, 1.82) is 0 Å². The molecular weight excluding hydrogens is 530 g/mol. The van der Waals surface area contributed by atoms with Crippen LogP contribution in [0.3, 0.4) is 0 Å². The molecule has 7 nitrogen and oxygen atoms in total. The maximum Gasteiger partial charge on any atom is 0.224 e. The third kappa shape index (κ3) is 5.85. The zero-order chi connectivity index (χ0) is 20.9. The second-order valence-corrected chi connectivity index (χ2v) is 8.57. The summed E-state index contributed by atoms with van der Waals surface area (Å²) in [5.74, 6) is 0.916. The van der Waals surface area contributed by atoms with Crippen molar-refractivity contribution < 1.29 is 9.18 Å². The number of carbonyl (C=O) groups is 1. The molecular formula is C21H28FIN6OS. The van der Waals surface area contributed by atoms with Gasteiger partial charge in [-0.25, -0.2) is 9.37 Å². The Morgan fingerprint density at radius 3 is 3.06 bits per heavy atom. The van der Waals surface area contributed by atoms with E-state index in [4.69, 9.17) is 0 Å². The predicted molar refractivity (Wildman–Crippen MR) is 133 cm³/mol. The summed E-state index contributed by atoms with van der Waals surface area (Å²) >= 11 is 1.78. The molecule has 2 aliphatic heterocycles. The fourth-order valence-corrected chi connectivity index (χ4v) is 4.87. The number of fused-ring (bicyclic) bond motifs is 1. The molecule has 10 heteroatoms. The van der Waals surface area contributed by atoms with E-state index < -0.39 is 0 Å². The van der Waals surface area contributed by atoms with Crippen molar-refractivity contribution in [3.8, 4) is 0 Å². The number of hydrogen-bond acceptors (Lipinski definition) is 5. The van der Waals surface area contributed by atoms with Gasteiger partial charge in [0.15, 0.2) is 17.6 Å². The molecule has 1 fully saturated rings. The number of nitrogens with one attached hydrogen (secondary N) is 2. The van der Waals surface area contributed by atoms with Crippen molar-refractivity contribution in [2.24, 2.45) is 4.99 Å². The van der Waals surface area contributed by atoms with Crippen molar-refractivity contribution in [2.45, 2.75) is 31.8 Å². The highest BCUT2D eigenvalue weighted by molar-refractivity contribution is 14.0. The van der Waals surface area contributed by atoms with Crippen LogP contribution < -0.4 is 15.5 Å². The number of guanidine groups is 1. The number of amides is 1. The Morgan fingerprint density at radius 1 is 1.39 bits per heavy atom. The van der Waals surface area contributed by atoms with E-state index in [9.17, 15) is 9.18 Å². The molecule has 0 aromatic carbocycles. The largest absolute Gasteiger partial charge is 0.356 e. The molecule has 0 aliphatic carbocycles. The average molecular weight is 558 g/mol. The summed E-state index contributed by atoms with van der Waals surface area (Å²) in [6.07, 6.45) is 3.85. The van der Waals surface area contributed by atoms with Crippen LogP contribution in [0.15, 0.2) is 34.8 Å². The van der Waals surface area contributed by atoms with E-state index >= 15 is 0 Å². The predicted octanol–water partition coefficient (Wildman–Crippen LogP) is 2.62. The van der Waals surface area contributed by atoms with Crippen LogP contribution in [-0.2, 0) is 17.8 Å². The SMILES string of the molecule is CN=C(NCCC(=O)N1CCc2sccc2C1)NC1CCN(c2ncccc2F)C1.I. The molecule has 0 spiro atoms. The molecule has 1 amide bonds. The lowest BCUT2D eigenvalue weighted by Gasteiger charge is -2.27. The number of aromatic nitrogens is 1. The van der Waals surface area contributed by atoms with Crippen LogP contribution in [0.2, 0.25) is 0 Å². The first kappa shape index (κ1) is 23.7. The molecule has 31 heavy (non-hydrogen) atoms. The van der Waals surface area contributed by atoms with Crippen LogP contribution >= 0.6 is 35.3 Å². The van der Waals surface area contributed by atoms with Crippen molar-refractivity contribution in [1.82, 2.24) is 20.5 Å². The highest BCUT2D eigenvalue weighted by Gasteiger charge is 2.26. The summed E-state index contributed by atoms with van der Waals surface area (Å²) in [7, 11) is 1.71. The zero-order valence-electron chi connectivity index (χ0n) is 17.5. The van der Waals surface area contributed by atoms with Gasteiger partial charge in [0.25, 0.3) is 0 Å². The molecule has 0 radical (unpaired) electrons. The van der Waals surface area contributed by atoms with Gasteiger partial charge in [-0.15, -0.1) is 35.3 Å². The lowest BCUT2D eigenvalue weighted by molar-refractivity contribution is -0.131. The Hall–Kier alpha value is -1.95. The lowest BCUT2D eigenvalue weighted by Crippen LogP contribution is -2.46. The third-order valence-corrected chi connectivity index (χ3v) is 6.61. The molecule has 4 rings (SSSR count). The fraction of sp³-hybridized carbons (Fsp3) is 0.476. The summed E-state index contributed by atoms with van der Waals surface area (Å²) in [6, 6.07) is 5.29. The van der Waals surface area contributed by atoms with Gasteiger partial charge in [-0.2, -0.15) is 0 Å². The Labute approximate surface area is 203 Å². The molecule has 2 aromatic rings. The quantitative estimate of drug-likeness (QED) is 0.336. The number of aliphatic imine (C=N–C) groups is 1. The second kappa shape index (κ2) is 11.1. The van der Waals surface area contributed by atoms with E-state index in [1.807, 2.05) is 9.80 Å². The number of halogens is 2. The molecule has 0 bridgehead atoms. The van der Waals surface area contributed by atoms with E-state index in [1.165, 1.54) is 16.5 Å². The normalized spacial score (nSPS) is 18.4. The highest BCUT2D eigenvalue weighted by atomic mass is 127. The number of nitrogens with zero attached hydrogens (tertiary/aromatic N) is 4. The summed E-state index contributed by atoms with van der Waals surface area (Å²) in [4.78, 5) is 26.2. The molecule has 2 aromatic heterocycles.